The van der Waals surface area contributed by atoms with Crippen molar-refractivity contribution in [3.8, 4) is 0 Å². The van der Waals surface area contributed by atoms with Crippen molar-refractivity contribution in [1.82, 2.24) is 9.21 Å². The van der Waals surface area contributed by atoms with Gasteiger partial charge in [-0.15, -0.1) is 0 Å². The number of benzene rings is 1. The Morgan fingerprint density at radius 1 is 1.14 bits per heavy atom. The predicted octanol–water partition coefficient (Wildman–Crippen LogP) is 1.26. The molecule has 0 N–H and O–H groups in total. The van der Waals surface area contributed by atoms with Gasteiger partial charge in [0.1, 0.15) is 0 Å². The Kier molecular flexibility index (Phi) is 6.36. The van der Waals surface area contributed by atoms with Gasteiger partial charge in [0.15, 0.2) is 6.61 Å². The van der Waals surface area contributed by atoms with E-state index in [1.54, 1.807) is 4.90 Å². The first-order chi connectivity index (χ1) is 13.3. The van der Waals surface area contributed by atoms with Gasteiger partial charge in [-0.25, -0.2) is 13.2 Å². The summed E-state index contributed by atoms with van der Waals surface area (Å²) >= 11 is 0. The monoisotopic (exact) mass is 410 g/mol. The minimum absolute atomic E-state index is 0.0611. The summed E-state index contributed by atoms with van der Waals surface area (Å²) in [5.74, 6) is -1.02. The molecule has 2 aliphatic heterocycles. The van der Waals surface area contributed by atoms with Gasteiger partial charge in [-0.3, -0.25) is 4.79 Å². The van der Waals surface area contributed by atoms with Crippen LogP contribution in [0.4, 0.5) is 0 Å². The van der Waals surface area contributed by atoms with Crippen molar-refractivity contribution in [2.75, 3.05) is 32.8 Å². The number of morpholine rings is 1. The van der Waals surface area contributed by atoms with Crippen molar-refractivity contribution < 1.29 is 27.5 Å². The molecule has 9 heteroatoms. The highest BCUT2D eigenvalue weighted by Crippen LogP contribution is 2.22. The highest BCUT2D eigenvalue weighted by Gasteiger charge is 2.29. The maximum atomic E-state index is 12.6. The Bertz CT molecular complexity index is 825. The zero-order valence-electron chi connectivity index (χ0n) is 16.2. The van der Waals surface area contributed by atoms with Gasteiger partial charge < -0.3 is 14.4 Å². The Morgan fingerprint density at radius 3 is 2.43 bits per heavy atom. The van der Waals surface area contributed by atoms with E-state index in [4.69, 9.17) is 9.47 Å². The fraction of sp³-hybridized carbons (Fsp3) is 0.579. The van der Waals surface area contributed by atoms with Crippen LogP contribution >= 0.6 is 0 Å². The van der Waals surface area contributed by atoms with Crippen LogP contribution in [-0.4, -0.2) is 74.5 Å². The zero-order chi connectivity index (χ0) is 20.3. The smallest absolute Gasteiger partial charge is 0.338 e. The standard InChI is InChI=1S/C19H26N2O6S/c1-14-11-20(12-15(2)27-14)18(22)13-26-19(23)16-6-5-7-17(10-16)28(24,25)21-8-3-4-9-21/h5-7,10,14-15H,3-4,8-9,11-13H2,1-2H3/t14-,15-/m0/s1. The lowest BCUT2D eigenvalue weighted by atomic mass is 10.2. The topological polar surface area (TPSA) is 93.2 Å². The molecule has 28 heavy (non-hydrogen) atoms. The summed E-state index contributed by atoms with van der Waals surface area (Å²) in [4.78, 5) is 26.3. The van der Waals surface area contributed by atoms with Crippen LogP contribution in [0.5, 0.6) is 0 Å². The molecule has 0 radical (unpaired) electrons. The molecular formula is C19H26N2O6S. The summed E-state index contributed by atoms with van der Waals surface area (Å²) in [6, 6.07) is 5.76. The van der Waals surface area contributed by atoms with Crippen molar-refractivity contribution in [3.05, 3.63) is 29.8 Å². The molecule has 2 aliphatic rings. The molecule has 1 aromatic rings. The van der Waals surface area contributed by atoms with Crippen molar-refractivity contribution >= 4 is 21.9 Å². The summed E-state index contributed by atoms with van der Waals surface area (Å²) in [5, 5.41) is 0. The molecule has 1 aromatic carbocycles. The Hall–Kier alpha value is -1.97. The lowest BCUT2D eigenvalue weighted by Crippen LogP contribution is -2.49. The summed E-state index contributed by atoms with van der Waals surface area (Å²) in [5.41, 5.74) is 0.108. The number of nitrogens with zero attached hydrogens (tertiary/aromatic N) is 2. The largest absolute Gasteiger partial charge is 0.452 e. The molecule has 0 bridgehead atoms. The third-order valence-corrected chi connectivity index (χ3v) is 6.77. The minimum Gasteiger partial charge on any atom is -0.452 e. The van der Waals surface area contributed by atoms with E-state index < -0.39 is 16.0 Å². The van der Waals surface area contributed by atoms with Crippen molar-refractivity contribution in [1.29, 1.82) is 0 Å². The van der Waals surface area contributed by atoms with Crippen LogP contribution in [0, 0.1) is 0 Å². The third-order valence-electron chi connectivity index (χ3n) is 4.87. The first-order valence-electron chi connectivity index (χ1n) is 9.48. The summed E-state index contributed by atoms with van der Waals surface area (Å²) in [6.07, 6.45) is 1.52. The third kappa shape index (κ3) is 4.71. The molecule has 1 amide bonds. The van der Waals surface area contributed by atoms with E-state index in [0.717, 1.165) is 12.8 Å². The summed E-state index contributed by atoms with van der Waals surface area (Å²) < 4.78 is 37.4. The van der Waals surface area contributed by atoms with Crippen molar-refractivity contribution in [2.24, 2.45) is 0 Å². The second kappa shape index (κ2) is 8.59. The fourth-order valence-corrected chi connectivity index (χ4v) is 5.11. The van der Waals surface area contributed by atoms with Gasteiger partial charge in [0.2, 0.25) is 10.0 Å². The van der Waals surface area contributed by atoms with Gasteiger partial charge in [0, 0.05) is 26.2 Å². The van der Waals surface area contributed by atoms with E-state index in [0.29, 0.717) is 26.2 Å². The van der Waals surface area contributed by atoms with Gasteiger partial charge in [-0.2, -0.15) is 4.31 Å². The van der Waals surface area contributed by atoms with Gasteiger partial charge in [0.05, 0.1) is 22.7 Å². The minimum atomic E-state index is -3.62. The van der Waals surface area contributed by atoms with Crippen molar-refractivity contribution in [2.45, 2.75) is 43.8 Å². The van der Waals surface area contributed by atoms with E-state index >= 15 is 0 Å². The molecule has 2 saturated heterocycles. The van der Waals surface area contributed by atoms with Crippen LogP contribution in [0.25, 0.3) is 0 Å². The molecule has 2 atom stereocenters. The highest BCUT2D eigenvalue weighted by molar-refractivity contribution is 7.89. The van der Waals surface area contributed by atoms with Gasteiger partial charge >= 0.3 is 5.97 Å². The molecule has 8 nitrogen and oxygen atoms in total. The average molecular weight is 410 g/mol. The molecular weight excluding hydrogens is 384 g/mol. The number of hydrogen-bond donors (Lipinski definition) is 0. The number of carbonyl (C=O) groups excluding carboxylic acids is 2. The molecule has 2 heterocycles. The molecule has 0 unspecified atom stereocenters. The Balaban J connectivity index is 1.62. The first kappa shape index (κ1) is 20.8. The Morgan fingerprint density at radius 2 is 1.79 bits per heavy atom. The zero-order valence-corrected chi connectivity index (χ0v) is 17.0. The number of hydrogen-bond acceptors (Lipinski definition) is 6. The van der Waals surface area contributed by atoms with Gasteiger partial charge in [-0.05, 0) is 44.9 Å². The normalized spacial score (nSPS) is 23.6. The molecule has 0 aliphatic carbocycles. The van der Waals surface area contributed by atoms with Gasteiger partial charge in [0.25, 0.3) is 5.91 Å². The van der Waals surface area contributed by atoms with E-state index in [-0.39, 0.29) is 35.2 Å². The molecule has 154 valence electrons. The predicted molar refractivity (Wildman–Crippen MR) is 101 cm³/mol. The quantitative estimate of drug-likeness (QED) is 0.679. The number of esters is 1. The van der Waals surface area contributed by atoms with Crippen molar-refractivity contribution in [3.63, 3.8) is 0 Å². The van der Waals surface area contributed by atoms with Crippen LogP contribution in [0.1, 0.15) is 37.0 Å². The molecule has 2 fully saturated rings. The number of amides is 1. The molecule has 0 saturated carbocycles. The lowest BCUT2D eigenvalue weighted by molar-refractivity contribution is -0.146. The SMILES string of the molecule is C[C@H]1CN(C(=O)COC(=O)c2cccc(S(=O)(=O)N3CCCC3)c2)C[C@H](C)O1. The van der Waals surface area contributed by atoms with E-state index in [1.807, 2.05) is 13.8 Å². The maximum Gasteiger partial charge on any atom is 0.338 e. The fourth-order valence-electron chi connectivity index (χ4n) is 3.54. The highest BCUT2D eigenvalue weighted by atomic mass is 32.2. The molecule has 0 spiro atoms. The maximum absolute atomic E-state index is 12.6. The average Bonchev–Trinajstić information content (AvgIpc) is 3.21. The van der Waals surface area contributed by atoms with Crippen LogP contribution in [0.3, 0.4) is 0 Å². The van der Waals surface area contributed by atoms with Crippen LogP contribution in [0.2, 0.25) is 0 Å². The van der Waals surface area contributed by atoms with E-state index in [1.165, 1.54) is 28.6 Å². The lowest BCUT2D eigenvalue weighted by Gasteiger charge is -2.35. The van der Waals surface area contributed by atoms with Gasteiger partial charge in [-0.1, -0.05) is 6.07 Å². The summed E-state index contributed by atoms with van der Waals surface area (Å²) in [6.45, 7) is 5.25. The first-order valence-corrected chi connectivity index (χ1v) is 10.9. The number of sulfonamides is 1. The molecule has 0 aromatic heterocycles. The van der Waals surface area contributed by atoms with Crippen LogP contribution in [0.15, 0.2) is 29.2 Å². The van der Waals surface area contributed by atoms with E-state index in [9.17, 15) is 18.0 Å². The van der Waals surface area contributed by atoms with E-state index in [2.05, 4.69) is 0 Å². The number of carbonyl (C=O) groups is 2. The Labute approximate surface area is 165 Å². The molecule has 3 rings (SSSR count). The van der Waals surface area contributed by atoms with Crippen LogP contribution < -0.4 is 0 Å². The van der Waals surface area contributed by atoms with Crippen LogP contribution in [-0.2, 0) is 24.3 Å². The number of rotatable bonds is 5. The second-order valence-corrected chi connectivity index (χ2v) is 9.21. The summed E-state index contributed by atoms with van der Waals surface area (Å²) in [7, 11) is -3.62. The number of ether oxygens (including phenoxy) is 2. The second-order valence-electron chi connectivity index (χ2n) is 7.27.